The lowest BCUT2D eigenvalue weighted by atomic mass is 10.2. The minimum atomic E-state index is -0.481. The number of benzene rings is 1. The zero-order valence-electron chi connectivity index (χ0n) is 10.5. The maximum absolute atomic E-state index is 13.6. The summed E-state index contributed by atoms with van der Waals surface area (Å²) in [4.78, 5) is 16.3. The van der Waals surface area contributed by atoms with Crippen LogP contribution in [-0.4, -0.2) is 17.9 Å². The number of nitrogens with one attached hydrogen (secondary N) is 2. The fourth-order valence-electron chi connectivity index (χ4n) is 1.56. The first kappa shape index (κ1) is 13.3. The zero-order chi connectivity index (χ0) is 14.0. The molecule has 2 rings (SSSR count). The van der Waals surface area contributed by atoms with Crippen LogP contribution in [0.2, 0.25) is 0 Å². The highest BCUT2D eigenvalue weighted by Gasteiger charge is 2.18. The summed E-state index contributed by atoms with van der Waals surface area (Å²) in [6, 6.07) is 4.59. The Kier molecular flexibility index (Phi) is 3.66. The van der Waals surface area contributed by atoms with Crippen LogP contribution in [-0.2, 0) is 0 Å². The number of hydrogen-bond donors (Lipinski definition) is 3. The van der Waals surface area contributed by atoms with Gasteiger partial charge in [0.05, 0.1) is 5.69 Å². The number of thiazole rings is 1. The number of para-hydroxylation sites is 1. The third-order valence-corrected chi connectivity index (χ3v) is 3.62. The molecule has 0 aliphatic heterocycles. The summed E-state index contributed by atoms with van der Waals surface area (Å²) in [6.45, 7) is 1.72. The van der Waals surface area contributed by atoms with E-state index in [0.717, 1.165) is 11.3 Å². The Labute approximate surface area is 113 Å². The summed E-state index contributed by atoms with van der Waals surface area (Å²) in [6.07, 6.45) is 0. The number of aromatic nitrogens is 1. The predicted octanol–water partition coefficient (Wildman–Crippen LogP) is 2.47. The lowest BCUT2D eigenvalue weighted by Crippen LogP contribution is -2.14. The predicted molar refractivity (Wildman–Crippen MR) is 75.2 cm³/mol. The number of carbonyl (C=O) groups is 1. The van der Waals surface area contributed by atoms with E-state index in [1.54, 1.807) is 26.1 Å². The molecule has 0 fully saturated rings. The molecule has 0 aliphatic rings. The SMILES string of the molecule is CNc1nc(N)c(C(=O)Nc2c(C)cccc2F)s1. The fraction of sp³-hybridized carbons (Fsp3) is 0.167. The first-order valence-electron chi connectivity index (χ1n) is 5.53. The molecule has 100 valence electrons. The molecule has 1 aromatic heterocycles. The van der Waals surface area contributed by atoms with E-state index in [-0.39, 0.29) is 16.4 Å². The number of anilines is 3. The van der Waals surface area contributed by atoms with E-state index in [0.29, 0.717) is 10.7 Å². The summed E-state index contributed by atoms with van der Waals surface area (Å²) >= 11 is 1.12. The van der Waals surface area contributed by atoms with Crippen molar-refractivity contribution in [2.75, 3.05) is 23.4 Å². The number of halogens is 1. The van der Waals surface area contributed by atoms with Gasteiger partial charge in [0.25, 0.3) is 5.91 Å². The van der Waals surface area contributed by atoms with Crippen LogP contribution in [0, 0.1) is 12.7 Å². The Balaban J connectivity index is 2.28. The van der Waals surface area contributed by atoms with E-state index in [1.807, 2.05) is 0 Å². The van der Waals surface area contributed by atoms with E-state index in [9.17, 15) is 9.18 Å². The highest BCUT2D eigenvalue weighted by Crippen LogP contribution is 2.26. The van der Waals surface area contributed by atoms with Gasteiger partial charge in [-0.3, -0.25) is 4.79 Å². The van der Waals surface area contributed by atoms with Crippen molar-refractivity contribution in [3.63, 3.8) is 0 Å². The van der Waals surface area contributed by atoms with Crippen molar-refractivity contribution in [1.82, 2.24) is 4.98 Å². The molecule has 0 radical (unpaired) electrons. The van der Waals surface area contributed by atoms with E-state index in [2.05, 4.69) is 15.6 Å². The zero-order valence-corrected chi connectivity index (χ0v) is 11.3. The van der Waals surface area contributed by atoms with Gasteiger partial charge in [0.15, 0.2) is 5.13 Å². The molecule has 0 aliphatic carbocycles. The van der Waals surface area contributed by atoms with Gasteiger partial charge in [-0.2, -0.15) is 0 Å². The highest BCUT2D eigenvalue weighted by atomic mass is 32.1. The van der Waals surface area contributed by atoms with Gasteiger partial charge >= 0.3 is 0 Å². The Morgan fingerprint density at radius 2 is 2.21 bits per heavy atom. The molecular weight excluding hydrogens is 267 g/mol. The summed E-state index contributed by atoms with van der Waals surface area (Å²) in [5.74, 6) is -0.823. The quantitative estimate of drug-likeness (QED) is 0.807. The molecule has 0 bridgehead atoms. The van der Waals surface area contributed by atoms with Crippen molar-refractivity contribution in [3.8, 4) is 0 Å². The maximum Gasteiger partial charge on any atom is 0.269 e. The summed E-state index contributed by atoms with van der Waals surface area (Å²) in [5, 5.41) is 5.86. The average molecular weight is 280 g/mol. The summed E-state index contributed by atoms with van der Waals surface area (Å²) < 4.78 is 13.6. The van der Waals surface area contributed by atoms with Crippen LogP contribution in [0.15, 0.2) is 18.2 Å². The monoisotopic (exact) mass is 280 g/mol. The van der Waals surface area contributed by atoms with Crippen molar-refractivity contribution in [3.05, 3.63) is 34.5 Å². The van der Waals surface area contributed by atoms with Gasteiger partial charge in [0.2, 0.25) is 0 Å². The van der Waals surface area contributed by atoms with Crippen LogP contribution in [0.4, 0.5) is 21.0 Å². The number of nitrogens with zero attached hydrogens (tertiary/aromatic N) is 1. The summed E-state index contributed by atoms with van der Waals surface area (Å²) in [7, 11) is 1.68. The molecule has 0 saturated heterocycles. The van der Waals surface area contributed by atoms with Crippen LogP contribution >= 0.6 is 11.3 Å². The Morgan fingerprint density at radius 1 is 1.47 bits per heavy atom. The molecule has 1 heterocycles. The van der Waals surface area contributed by atoms with E-state index < -0.39 is 11.7 Å². The first-order chi connectivity index (χ1) is 9.02. The molecule has 0 atom stereocenters. The number of aryl methyl sites for hydroxylation is 1. The molecule has 1 aromatic carbocycles. The molecule has 19 heavy (non-hydrogen) atoms. The number of carbonyl (C=O) groups excluding carboxylic acids is 1. The molecule has 0 spiro atoms. The Morgan fingerprint density at radius 3 is 2.79 bits per heavy atom. The van der Waals surface area contributed by atoms with Gasteiger partial charge in [0, 0.05) is 7.05 Å². The third kappa shape index (κ3) is 2.65. The van der Waals surface area contributed by atoms with Crippen molar-refractivity contribution >= 4 is 33.9 Å². The highest BCUT2D eigenvalue weighted by molar-refractivity contribution is 7.18. The normalized spacial score (nSPS) is 10.3. The van der Waals surface area contributed by atoms with Crippen LogP contribution in [0.3, 0.4) is 0 Å². The van der Waals surface area contributed by atoms with Crippen LogP contribution in [0.25, 0.3) is 0 Å². The molecule has 2 aromatic rings. The first-order valence-corrected chi connectivity index (χ1v) is 6.35. The van der Waals surface area contributed by atoms with Crippen molar-refractivity contribution in [2.45, 2.75) is 6.92 Å². The van der Waals surface area contributed by atoms with E-state index in [1.165, 1.54) is 6.07 Å². The lowest BCUT2D eigenvalue weighted by Gasteiger charge is -2.08. The maximum atomic E-state index is 13.6. The summed E-state index contributed by atoms with van der Waals surface area (Å²) in [5.41, 5.74) is 6.45. The molecule has 0 unspecified atom stereocenters. The minimum absolute atomic E-state index is 0.126. The molecule has 5 nitrogen and oxygen atoms in total. The van der Waals surface area contributed by atoms with Crippen LogP contribution in [0.5, 0.6) is 0 Å². The van der Waals surface area contributed by atoms with Crippen molar-refractivity contribution in [1.29, 1.82) is 0 Å². The average Bonchev–Trinajstić information content (AvgIpc) is 2.75. The minimum Gasteiger partial charge on any atom is -0.382 e. The van der Waals surface area contributed by atoms with Crippen LogP contribution < -0.4 is 16.4 Å². The lowest BCUT2D eigenvalue weighted by molar-refractivity contribution is 0.103. The largest absolute Gasteiger partial charge is 0.382 e. The molecule has 0 saturated carbocycles. The number of nitrogens with two attached hydrogens (primary N) is 1. The van der Waals surface area contributed by atoms with Gasteiger partial charge in [-0.1, -0.05) is 23.5 Å². The fourth-order valence-corrected chi connectivity index (χ4v) is 2.30. The number of amides is 1. The van der Waals surface area contributed by atoms with Gasteiger partial charge in [-0.05, 0) is 18.6 Å². The smallest absolute Gasteiger partial charge is 0.269 e. The number of nitrogen functional groups attached to an aromatic ring is 1. The Bertz CT molecular complexity index is 606. The second-order valence-electron chi connectivity index (χ2n) is 3.87. The van der Waals surface area contributed by atoms with E-state index >= 15 is 0 Å². The molecule has 4 N–H and O–H groups in total. The van der Waals surface area contributed by atoms with Crippen LogP contribution in [0.1, 0.15) is 15.2 Å². The third-order valence-electron chi connectivity index (χ3n) is 2.53. The molecule has 1 amide bonds. The topological polar surface area (TPSA) is 80.0 Å². The second kappa shape index (κ2) is 5.23. The Hall–Kier alpha value is -2.15. The van der Waals surface area contributed by atoms with Crippen molar-refractivity contribution < 1.29 is 9.18 Å². The number of hydrogen-bond acceptors (Lipinski definition) is 5. The molecule has 7 heteroatoms. The molecular formula is C12H13FN4OS. The standard InChI is InChI=1S/C12H13FN4OS/c1-6-4-3-5-7(13)8(6)16-11(18)9-10(14)17-12(15-2)19-9/h3-5H,14H2,1-2H3,(H,15,17)(H,16,18). The van der Waals surface area contributed by atoms with Crippen molar-refractivity contribution in [2.24, 2.45) is 0 Å². The number of rotatable bonds is 3. The van der Waals surface area contributed by atoms with Gasteiger partial charge < -0.3 is 16.4 Å². The second-order valence-corrected chi connectivity index (χ2v) is 4.87. The van der Waals surface area contributed by atoms with Gasteiger partial charge in [-0.25, -0.2) is 9.37 Å². The van der Waals surface area contributed by atoms with Gasteiger partial charge in [0.1, 0.15) is 16.5 Å². The van der Waals surface area contributed by atoms with Gasteiger partial charge in [-0.15, -0.1) is 0 Å². The van der Waals surface area contributed by atoms with E-state index in [4.69, 9.17) is 5.73 Å².